The van der Waals surface area contributed by atoms with E-state index in [0.29, 0.717) is 19.0 Å². The first-order chi connectivity index (χ1) is 15.5. The second kappa shape index (κ2) is 9.72. The van der Waals surface area contributed by atoms with Gasteiger partial charge in [0.2, 0.25) is 5.91 Å². The van der Waals surface area contributed by atoms with Crippen molar-refractivity contribution in [1.29, 1.82) is 0 Å². The molecule has 1 aromatic heterocycles. The highest BCUT2D eigenvalue weighted by Gasteiger charge is 2.26. The Morgan fingerprint density at radius 2 is 1.91 bits per heavy atom. The van der Waals surface area contributed by atoms with Crippen molar-refractivity contribution in [3.63, 3.8) is 0 Å². The summed E-state index contributed by atoms with van der Waals surface area (Å²) in [6, 6.07) is 8.93. The van der Waals surface area contributed by atoms with E-state index in [1.54, 1.807) is 0 Å². The van der Waals surface area contributed by atoms with E-state index in [2.05, 4.69) is 61.4 Å². The Bertz CT molecular complexity index is 978. The fourth-order valence-electron chi connectivity index (χ4n) is 4.65. The average Bonchev–Trinajstić information content (AvgIpc) is 3.05. The Balaban J connectivity index is 1.62. The highest BCUT2D eigenvalue weighted by Crippen LogP contribution is 2.30. The number of carbonyl (C=O) groups excluding carboxylic acids is 1. The first kappa shape index (κ1) is 22.3. The normalized spacial score (nSPS) is 16.7. The molecule has 4 rings (SSSR count). The summed E-state index contributed by atoms with van der Waals surface area (Å²) in [7, 11) is 0. The zero-order chi connectivity index (χ0) is 22.7. The zero-order valence-electron chi connectivity index (χ0n) is 19.7. The van der Waals surface area contributed by atoms with Gasteiger partial charge in [-0.15, -0.1) is 0 Å². The summed E-state index contributed by atoms with van der Waals surface area (Å²) in [5.41, 5.74) is 5.09. The maximum Gasteiger partial charge on any atom is 0.246 e. The molecule has 2 aromatic rings. The second-order valence-corrected chi connectivity index (χ2v) is 9.03. The molecular formula is C26H35N5O. The number of fused-ring (bicyclic) bond motifs is 1. The van der Waals surface area contributed by atoms with Gasteiger partial charge in [-0.1, -0.05) is 39.5 Å². The van der Waals surface area contributed by atoms with Crippen LogP contribution in [0.15, 0.2) is 36.9 Å². The molecule has 0 radical (unpaired) electrons. The molecule has 170 valence electrons. The van der Waals surface area contributed by atoms with Gasteiger partial charge in [-0.05, 0) is 42.5 Å². The summed E-state index contributed by atoms with van der Waals surface area (Å²) in [5.74, 6) is 2.51. The monoisotopic (exact) mass is 433 g/mol. The maximum absolute atomic E-state index is 12.0. The minimum atomic E-state index is 0.0136. The minimum absolute atomic E-state index is 0.0136. The van der Waals surface area contributed by atoms with Gasteiger partial charge in [-0.25, -0.2) is 9.97 Å². The number of piperazine rings is 1. The quantitative estimate of drug-likeness (QED) is 0.669. The van der Waals surface area contributed by atoms with Crippen LogP contribution in [0.5, 0.6) is 0 Å². The van der Waals surface area contributed by atoms with Crippen LogP contribution in [-0.2, 0) is 24.2 Å². The van der Waals surface area contributed by atoms with E-state index in [0.717, 1.165) is 62.8 Å². The van der Waals surface area contributed by atoms with Gasteiger partial charge >= 0.3 is 0 Å². The van der Waals surface area contributed by atoms with Gasteiger partial charge in [0.05, 0.1) is 12.2 Å². The van der Waals surface area contributed by atoms with Gasteiger partial charge in [-0.2, -0.15) is 0 Å². The van der Waals surface area contributed by atoms with Crippen molar-refractivity contribution < 1.29 is 4.79 Å². The van der Waals surface area contributed by atoms with Crippen molar-refractivity contribution >= 4 is 17.4 Å². The Morgan fingerprint density at radius 1 is 1.12 bits per heavy atom. The number of amides is 1. The van der Waals surface area contributed by atoms with Crippen molar-refractivity contribution in [2.75, 3.05) is 42.5 Å². The summed E-state index contributed by atoms with van der Waals surface area (Å²) in [6.45, 7) is 15.1. The van der Waals surface area contributed by atoms with E-state index in [4.69, 9.17) is 9.97 Å². The first-order valence-corrected chi connectivity index (χ1v) is 11.9. The highest BCUT2D eigenvalue weighted by atomic mass is 16.2. The largest absolute Gasteiger partial charge is 0.366 e. The SMILES string of the molecule is C=CC(=O)N1CCN(c2nc(CC)nc3c2CCCN(c2cccc(C(C)C)c2)C3)CC1. The standard InChI is InChI=1S/C26H35N5O/c1-5-24-27-23-18-31(21-10-7-9-20(17-21)19(3)4)12-8-11-22(23)26(28-24)30-15-13-29(14-16-30)25(32)6-2/h6-7,9-10,17,19H,2,5,8,11-16,18H2,1,3-4H3. The lowest BCUT2D eigenvalue weighted by Crippen LogP contribution is -2.49. The molecule has 0 saturated carbocycles. The van der Waals surface area contributed by atoms with Crippen LogP contribution in [0.3, 0.4) is 0 Å². The lowest BCUT2D eigenvalue weighted by molar-refractivity contribution is -0.126. The van der Waals surface area contributed by atoms with Crippen LogP contribution in [0.1, 0.15) is 55.8 Å². The van der Waals surface area contributed by atoms with Crippen LogP contribution in [0.2, 0.25) is 0 Å². The van der Waals surface area contributed by atoms with Crippen LogP contribution >= 0.6 is 0 Å². The van der Waals surface area contributed by atoms with Gasteiger partial charge in [0.25, 0.3) is 0 Å². The molecule has 0 unspecified atom stereocenters. The molecule has 32 heavy (non-hydrogen) atoms. The fraction of sp³-hybridized carbons (Fsp3) is 0.500. The number of aromatic nitrogens is 2. The van der Waals surface area contributed by atoms with E-state index >= 15 is 0 Å². The smallest absolute Gasteiger partial charge is 0.246 e. The lowest BCUT2D eigenvalue weighted by atomic mass is 10.0. The van der Waals surface area contributed by atoms with Crippen molar-refractivity contribution in [3.05, 3.63) is 59.6 Å². The van der Waals surface area contributed by atoms with Gasteiger partial charge < -0.3 is 14.7 Å². The summed E-state index contributed by atoms with van der Waals surface area (Å²) >= 11 is 0. The van der Waals surface area contributed by atoms with Gasteiger partial charge in [-0.3, -0.25) is 4.79 Å². The number of anilines is 2. The van der Waals surface area contributed by atoms with E-state index in [1.807, 2.05) is 4.90 Å². The summed E-state index contributed by atoms with van der Waals surface area (Å²) in [5, 5.41) is 0. The molecule has 1 aromatic carbocycles. The Morgan fingerprint density at radius 3 is 2.59 bits per heavy atom. The molecule has 0 N–H and O–H groups in total. The third-order valence-corrected chi connectivity index (χ3v) is 6.60. The molecule has 3 heterocycles. The van der Waals surface area contributed by atoms with Crippen LogP contribution in [-0.4, -0.2) is 53.5 Å². The van der Waals surface area contributed by atoms with E-state index < -0.39 is 0 Å². The second-order valence-electron chi connectivity index (χ2n) is 9.03. The van der Waals surface area contributed by atoms with Crippen LogP contribution < -0.4 is 9.80 Å². The third kappa shape index (κ3) is 4.64. The Hall–Kier alpha value is -2.89. The number of hydrogen-bond acceptors (Lipinski definition) is 5. The van der Waals surface area contributed by atoms with Gasteiger partial charge in [0.15, 0.2) is 0 Å². The maximum atomic E-state index is 12.0. The zero-order valence-corrected chi connectivity index (χ0v) is 19.7. The molecule has 2 aliphatic rings. The molecule has 6 heteroatoms. The van der Waals surface area contributed by atoms with E-state index in [9.17, 15) is 4.79 Å². The number of rotatable bonds is 5. The number of aryl methyl sites for hydroxylation is 1. The number of benzene rings is 1. The van der Waals surface area contributed by atoms with Crippen LogP contribution in [0.25, 0.3) is 0 Å². The van der Waals surface area contributed by atoms with Crippen molar-refractivity contribution in [2.24, 2.45) is 0 Å². The van der Waals surface area contributed by atoms with Crippen LogP contribution in [0, 0.1) is 0 Å². The summed E-state index contributed by atoms with van der Waals surface area (Å²) in [6.07, 6.45) is 4.29. The predicted octanol–water partition coefficient (Wildman–Crippen LogP) is 3.95. The van der Waals surface area contributed by atoms with Crippen molar-refractivity contribution in [2.45, 2.75) is 52.5 Å². The average molecular weight is 434 g/mol. The summed E-state index contributed by atoms with van der Waals surface area (Å²) < 4.78 is 0. The molecule has 0 atom stereocenters. The molecule has 1 saturated heterocycles. The highest BCUT2D eigenvalue weighted by molar-refractivity contribution is 5.87. The Labute approximate surface area is 192 Å². The molecule has 0 aliphatic carbocycles. The van der Waals surface area contributed by atoms with E-state index in [-0.39, 0.29) is 5.91 Å². The topological polar surface area (TPSA) is 52.6 Å². The third-order valence-electron chi connectivity index (χ3n) is 6.60. The van der Waals surface area contributed by atoms with Crippen LogP contribution in [0.4, 0.5) is 11.5 Å². The van der Waals surface area contributed by atoms with E-state index in [1.165, 1.54) is 22.9 Å². The molecule has 1 amide bonds. The number of nitrogens with zero attached hydrogens (tertiary/aromatic N) is 5. The fourth-order valence-corrected chi connectivity index (χ4v) is 4.65. The lowest BCUT2D eigenvalue weighted by Gasteiger charge is -2.36. The molecular weight excluding hydrogens is 398 g/mol. The minimum Gasteiger partial charge on any atom is -0.366 e. The molecule has 6 nitrogen and oxygen atoms in total. The number of carbonyl (C=O) groups is 1. The molecule has 2 aliphatic heterocycles. The first-order valence-electron chi connectivity index (χ1n) is 11.9. The summed E-state index contributed by atoms with van der Waals surface area (Å²) in [4.78, 5) is 28.6. The molecule has 0 bridgehead atoms. The molecule has 1 fully saturated rings. The van der Waals surface area contributed by atoms with Gasteiger partial charge in [0, 0.05) is 50.4 Å². The number of hydrogen-bond donors (Lipinski definition) is 0. The molecule has 0 spiro atoms. The Kier molecular flexibility index (Phi) is 6.77. The van der Waals surface area contributed by atoms with Gasteiger partial charge in [0.1, 0.15) is 11.6 Å². The predicted molar refractivity (Wildman–Crippen MR) is 130 cm³/mol. The van der Waals surface area contributed by atoms with Crippen molar-refractivity contribution in [1.82, 2.24) is 14.9 Å². The van der Waals surface area contributed by atoms with Crippen molar-refractivity contribution in [3.8, 4) is 0 Å².